The Kier molecular flexibility index (Phi) is 7.08. The third-order valence-electron chi connectivity index (χ3n) is 5.52. The smallest absolute Gasteiger partial charge is 0.466 e. The molecule has 1 atom stereocenters. The van der Waals surface area contributed by atoms with Crippen molar-refractivity contribution in [3.63, 3.8) is 0 Å². The van der Waals surface area contributed by atoms with Gasteiger partial charge in [0.1, 0.15) is 18.0 Å². The Labute approximate surface area is 198 Å². The summed E-state index contributed by atoms with van der Waals surface area (Å²) in [5, 5.41) is 3.89. The maximum absolute atomic E-state index is 12.9. The van der Waals surface area contributed by atoms with Gasteiger partial charge in [-0.1, -0.05) is 5.16 Å². The number of amides is 1. The van der Waals surface area contributed by atoms with Crippen molar-refractivity contribution in [2.75, 3.05) is 19.7 Å². The number of alkyl halides is 3. The van der Waals surface area contributed by atoms with Crippen LogP contribution in [-0.4, -0.2) is 57.5 Å². The molecule has 0 bridgehead atoms. The number of nitrogens with zero attached hydrogens (tertiary/aromatic N) is 4. The zero-order chi connectivity index (χ0) is 25.0. The molecular weight excluding hydrogens is 469 g/mol. The van der Waals surface area contributed by atoms with E-state index in [1.807, 2.05) is 0 Å². The first kappa shape index (κ1) is 24.3. The number of likely N-dealkylation sites (tertiary alicyclic amines) is 1. The largest absolute Gasteiger partial charge is 0.573 e. The van der Waals surface area contributed by atoms with Crippen molar-refractivity contribution in [3.05, 3.63) is 42.6 Å². The third-order valence-corrected chi connectivity index (χ3v) is 5.52. The van der Waals surface area contributed by atoms with Crippen molar-refractivity contribution in [2.24, 2.45) is 5.92 Å². The van der Waals surface area contributed by atoms with E-state index in [4.69, 9.17) is 9.26 Å². The highest BCUT2D eigenvalue weighted by Crippen LogP contribution is 2.27. The quantitative estimate of drug-likeness (QED) is 0.461. The van der Waals surface area contributed by atoms with Crippen LogP contribution in [0.5, 0.6) is 5.75 Å². The number of ether oxygens (including phenoxy) is 2. The van der Waals surface area contributed by atoms with Crippen molar-refractivity contribution in [1.29, 1.82) is 0 Å². The van der Waals surface area contributed by atoms with Crippen LogP contribution in [0.25, 0.3) is 23.0 Å². The van der Waals surface area contributed by atoms with E-state index in [-0.39, 0.29) is 41.8 Å². The van der Waals surface area contributed by atoms with Gasteiger partial charge in [0.15, 0.2) is 0 Å². The molecule has 1 aromatic carbocycles. The van der Waals surface area contributed by atoms with E-state index in [9.17, 15) is 22.8 Å². The zero-order valence-electron chi connectivity index (χ0n) is 18.8. The summed E-state index contributed by atoms with van der Waals surface area (Å²) in [7, 11) is 0. The molecular formula is C23H23F3N4O5. The van der Waals surface area contributed by atoms with E-state index in [1.54, 1.807) is 34.7 Å². The summed E-state index contributed by atoms with van der Waals surface area (Å²) in [6, 6.07) is 8.52. The summed E-state index contributed by atoms with van der Waals surface area (Å²) in [5.74, 6) is -0.814. The predicted octanol–water partition coefficient (Wildman–Crippen LogP) is 3.91. The molecule has 1 saturated heterocycles. The molecule has 12 heteroatoms. The van der Waals surface area contributed by atoms with Gasteiger partial charge in [-0.3, -0.25) is 9.59 Å². The monoisotopic (exact) mass is 492 g/mol. The minimum absolute atomic E-state index is 0.0130. The predicted molar refractivity (Wildman–Crippen MR) is 116 cm³/mol. The van der Waals surface area contributed by atoms with Gasteiger partial charge < -0.3 is 23.5 Å². The van der Waals surface area contributed by atoms with Gasteiger partial charge in [0.2, 0.25) is 11.7 Å². The molecule has 0 unspecified atom stereocenters. The minimum atomic E-state index is -4.78. The van der Waals surface area contributed by atoms with Crippen LogP contribution in [0.2, 0.25) is 0 Å². The fourth-order valence-electron chi connectivity index (χ4n) is 3.90. The van der Waals surface area contributed by atoms with Crippen LogP contribution in [0, 0.1) is 5.92 Å². The van der Waals surface area contributed by atoms with Gasteiger partial charge >= 0.3 is 12.3 Å². The van der Waals surface area contributed by atoms with E-state index in [2.05, 4.69) is 14.9 Å². The van der Waals surface area contributed by atoms with Crippen LogP contribution in [0.1, 0.15) is 19.8 Å². The highest BCUT2D eigenvalue weighted by Gasteiger charge is 2.31. The van der Waals surface area contributed by atoms with Crippen molar-refractivity contribution in [2.45, 2.75) is 32.7 Å². The van der Waals surface area contributed by atoms with Gasteiger partial charge in [0.25, 0.3) is 5.89 Å². The molecule has 0 N–H and O–H groups in total. The topological polar surface area (TPSA) is 99.7 Å². The van der Waals surface area contributed by atoms with Crippen LogP contribution in [-0.2, 0) is 20.9 Å². The molecule has 1 fully saturated rings. The second-order valence-electron chi connectivity index (χ2n) is 7.95. The Morgan fingerprint density at radius 2 is 1.97 bits per heavy atom. The number of carbonyl (C=O) groups excluding carboxylic acids is 2. The highest BCUT2D eigenvalue weighted by molar-refractivity contribution is 5.79. The lowest BCUT2D eigenvalue weighted by atomic mass is 9.98. The molecule has 3 heterocycles. The van der Waals surface area contributed by atoms with E-state index in [1.165, 1.54) is 12.1 Å². The van der Waals surface area contributed by atoms with Crippen molar-refractivity contribution in [1.82, 2.24) is 19.6 Å². The van der Waals surface area contributed by atoms with E-state index in [0.29, 0.717) is 43.8 Å². The van der Waals surface area contributed by atoms with Crippen LogP contribution in [0.4, 0.5) is 13.2 Å². The molecule has 0 saturated carbocycles. The fraction of sp³-hybridized carbons (Fsp3) is 0.391. The lowest BCUT2D eigenvalue weighted by Gasteiger charge is -2.31. The summed E-state index contributed by atoms with van der Waals surface area (Å²) in [4.78, 5) is 31.0. The molecule has 186 valence electrons. The normalized spacial score (nSPS) is 16.2. The molecule has 1 aliphatic rings. The molecule has 3 aromatic rings. The molecule has 1 aliphatic heterocycles. The van der Waals surface area contributed by atoms with Crippen LogP contribution in [0.15, 0.2) is 47.1 Å². The molecule has 0 aliphatic carbocycles. The number of esters is 1. The van der Waals surface area contributed by atoms with Crippen LogP contribution < -0.4 is 4.74 Å². The Balaban J connectivity index is 1.43. The summed E-state index contributed by atoms with van der Waals surface area (Å²) < 4.78 is 53.0. The molecule has 0 radical (unpaired) electrons. The lowest BCUT2D eigenvalue weighted by molar-refractivity contribution is -0.274. The van der Waals surface area contributed by atoms with Gasteiger partial charge in [-0.2, -0.15) is 4.98 Å². The fourth-order valence-corrected chi connectivity index (χ4v) is 3.90. The SMILES string of the molecule is CCOC(=O)[C@H]1CCCN(C(=O)Cn2cccc2-c2nc(-c3ccc(OC(F)(F)F)cc3)no2)C1. The number of carbonyl (C=O) groups is 2. The molecule has 2 aromatic heterocycles. The van der Waals surface area contributed by atoms with Gasteiger partial charge in [-0.25, -0.2) is 0 Å². The van der Waals surface area contributed by atoms with Gasteiger partial charge in [-0.15, -0.1) is 13.2 Å². The second kappa shape index (κ2) is 10.2. The van der Waals surface area contributed by atoms with Crippen LogP contribution in [0.3, 0.4) is 0 Å². The zero-order valence-corrected chi connectivity index (χ0v) is 18.8. The molecule has 35 heavy (non-hydrogen) atoms. The highest BCUT2D eigenvalue weighted by atomic mass is 19.4. The summed E-state index contributed by atoms with van der Waals surface area (Å²) in [6.45, 7) is 2.93. The lowest BCUT2D eigenvalue weighted by Crippen LogP contribution is -2.44. The Bertz CT molecular complexity index is 1170. The average molecular weight is 492 g/mol. The summed E-state index contributed by atoms with van der Waals surface area (Å²) in [6.07, 6.45) is -1.68. The number of benzene rings is 1. The second-order valence-corrected chi connectivity index (χ2v) is 7.95. The van der Waals surface area contributed by atoms with Crippen molar-refractivity contribution < 1.29 is 36.8 Å². The molecule has 0 spiro atoms. The number of piperidine rings is 1. The summed E-state index contributed by atoms with van der Waals surface area (Å²) in [5.41, 5.74) is 0.940. The molecule has 4 rings (SSSR count). The molecule has 1 amide bonds. The Morgan fingerprint density at radius 1 is 1.20 bits per heavy atom. The van der Waals surface area contributed by atoms with Crippen molar-refractivity contribution >= 4 is 11.9 Å². The molecule has 9 nitrogen and oxygen atoms in total. The average Bonchev–Trinajstić information content (AvgIpc) is 3.48. The van der Waals surface area contributed by atoms with Gasteiger partial charge in [0, 0.05) is 24.8 Å². The standard InChI is InChI=1S/C23H23F3N4O5/c1-2-33-22(32)16-5-3-12-30(13-16)19(31)14-29-11-4-6-18(29)21-27-20(28-35-21)15-7-9-17(10-8-15)34-23(24,25)26/h4,6-11,16H,2-3,5,12-14H2,1H3/t16-/m0/s1. The number of halogens is 3. The Morgan fingerprint density at radius 3 is 2.69 bits per heavy atom. The van der Waals surface area contributed by atoms with Gasteiger partial charge in [-0.05, 0) is 56.2 Å². The number of hydrogen-bond acceptors (Lipinski definition) is 7. The third kappa shape index (κ3) is 6.00. The first-order valence-electron chi connectivity index (χ1n) is 11.0. The first-order valence-corrected chi connectivity index (χ1v) is 11.0. The first-order chi connectivity index (χ1) is 16.7. The minimum Gasteiger partial charge on any atom is -0.466 e. The van der Waals surface area contributed by atoms with E-state index >= 15 is 0 Å². The Hall–Kier alpha value is -3.83. The van der Waals surface area contributed by atoms with E-state index in [0.717, 1.165) is 12.1 Å². The van der Waals surface area contributed by atoms with Crippen molar-refractivity contribution in [3.8, 4) is 28.7 Å². The van der Waals surface area contributed by atoms with E-state index < -0.39 is 6.36 Å². The number of rotatable bonds is 7. The number of hydrogen-bond donors (Lipinski definition) is 0. The number of aromatic nitrogens is 3. The maximum atomic E-state index is 12.9. The summed E-state index contributed by atoms with van der Waals surface area (Å²) >= 11 is 0. The van der Waals surface area contributed by atoms with Gasteiger partial charge in [0.05, 0.1) is 12.5 Å². The maximum Gasteiger partial charge on any atom is 0.573 e. The van der Waals surface area contributed by atoms with Crippen LogP contribution >= 0.6 is 0 Å².